The van der Waals surface area contributed by atoms with Gasteiger partial charge in [0.15, 0.2) is 0 Å². The van der Waals surface area contributed by atoms with E-state index >= 15 is 0 Å². The van der Waals surface area contributed by atoms with Crippen LogP contribution in [-0.2, 0) is 11.3 Å². The molecule has 0 spiro atoms. The Labute approximate surface area is 215 Å². The van der Waals surface area contributed by atoms with E-state index in [-0.39, 0.29) is 11.7 Å². The Morgan fingerprint density at radius 3 is 2.36 bits per heavy atom. The molecule has 0 unspecified atom stereocenters. The van der Waals surface area contributed by atoms with Gasteiger partial charge in [-0.15, -0.1) is 0 Å². The number of fused-ring (bicyclic) bond motifs is 1. The summed E-state index contributed by atoms with van der Waals surface area (Å²) < 4.78 is 16.6. The quantitative estimate of drug-likeness (QED) is 0.341. The van der Waals surface area contributed by atoms with Crippen LogP contribution in [0.2, 0.25) is 5.02 Å². The number of carbonyl (C=O) groups excluding carboxylic acids is 1. The number of aromatic nitrogens is 2. The predicted molar refractivity (Wildman–Crippen MR) is 140 cm³/mol. The fourth-order valence-electron chi connectivity index (χ4n) is 5.19. The van der Waals surface area contributed by atoms with E-state index < -0.39 is 0 Å². The maximum Gasteiger partial charge on any atom is 0.225 e. The average Bonchev–Trinajstić information content (AvgIpc) is 3.21. The molecule has 0 atom stereocenters. The van der Waals surface area contributed by atoms with Crippen LogP contribution in [0.5, 0.6) is 0 Å². The summed E-state index contributed by atoms with van der Waals surface area (Å²) in [6.07, 6.45) is 5.23. The first-order valence-corrected chi connectivity index (χ1v) is 13.0. The van der Waals surface area contributed by atoms with Gasteiger partial charge in [0.25, 0.3) is 0 Å². The zero-order chi connectivity index (χ0) is 24.6. The van der Waals surface area contributed by atoms with Crippen LogP contribution >= 0.6 is 11.6 Å². The summed E-state index contributed by atoms with van der Waals surface area (Å²) in [5.41, 5.74) is 5.11. The third-order valence-corrected chi connectivity index (χ3v) is 7.78. The second-order valence-electron chi connectivity index (χ2n) is 9.77. The lowest BCUT2D eigenvalue weighted by atomic mass is 9.84. The fraction of sp³-hybridized carbons (Fsp3) is 0.310. The van der Waals surface area contributed by atoms with Gasteiger partial charge in [-0.3, -0.25) is 9.69 Å². The summed E-state index contributed by atoms with van der Waals surface area (Å²) in [7, 11) is 0. The minimum atomic E-state index is -0.247. The van der Waals surface area contributed by atoms with Crippen molar-refractivity contribution >= 4 is 23.2 Å². The fourth-order valence-corrected chi connectivity index (χ4v) is 5.32. The molecule has 3 heterocycles. The van der Waals surface area contributed by atoms with Crippen molar-refractivity contribution in [3.63, 3.8) is 0 Å². The van der Waals surface area contributed by atoms with E-state index in [1.54, 1.807) is 12.1 Å². The molecule has 0 N–H and O–H groups in total. The van der Waals surface area contributed by atoms with Crippen molar-refractivity contribution in [1.82, 2.24) is 19.2 Å². The van der Waals surface area contributed by atoms with Gasteiger partial charge in [0.05, 0.1) is 11.4 Å². The SMILES string of the molecule is O=C(C1CCC1)N1CCN(Cc2c(-c3ccc(Cl)cc3)nc3ccc(-c4ccccc4F)cn23)CC1. The molecular formula is C29H28ClFN4O. The molecule has 2 aromatic carbocycles. The van der Waals surface area contributed by atoms with Crippen LogP contribution in [-0.4, -0.2) is 51.3 Å². The van der Waals surface area contributed by atoms with E-state index in [0.29, 0.717) is 23.0 Å². The lowest BCUT2D eigenvalue weighted by molar-refractivity contribution is -0.140. The molecule has 4 aromatic rings. The molecule has 1 saturated carbocycles. The van der Waals surface area contributed by atoms with Crippen molar-refractivity contribution in [3.8, 4) is 22.4 Å². The molecule has 5 nitrogen and oxygen atoms in total. The van der Waals surface area contributed by atoms with E-state index in [9.17, 15) is 9.18 Å². The van der Waals surface area contributed by atoms with Crippen LogP contribution in [0.25, 0.3) is 28.0 Å². The maximum absolute atomic E-state index is 14.6. The van der Waals surface area contributed by atoms with Crippen LogP contribution in [0.1, 0.15) is 25.0 Å². The van der Waals surface area contributed by atoms with Gasteiger partial charge in [0.1, 0.15) is 11.5 Å². The Balaban J connectivity index is 1.33. The number of rotatable bonds is 5. The molecule has 36 heavy (non-hydrogen) atoms. The van der Waals surface area contributed by atoms with E-state index in [0.717, 1.165) is 67.2 Å². The van der Waals surface area contributed by atoms with Gasteiger partial charge in [0, 0.05) is 66.6 Å². The molecule has 0 radical (unpaired) electrons. The predicted octanol–water partition coefficient (Wildman–Crippen LogP) is 5.91. The Hall–Kier alpha value is -3.22. The third kappa shape index (κ3) is 4.40. The van der Waals surface area contributed by atoms with Gasteiger partial charge in [0.2, 0.25) is 5.91 Å². The van der Waals surface area contributed by atoms with Crippen LogP contribution in [0.3, 0.4) is 0 Å². The highest BCUT2D eigenvalue weighted by molar-refractivity contribution is 6.30. The van der Waals surface area contributed by atoms with E-state index in [1.807, 2.05) is 53.6 Å². The van der Waals surface area contributed by atoms with E-state index in [4.69, 9.17) is 16.6 Å². The zero-order valence-electron chi connectivity index (χ0n) is 20.0. The van der Waals surface area contributed by atoms with Crippen molar-refractivity contribution in [2.45, 2.75) is 25.8 Å². The first kappa shape index (κ1) is 23.2. The molecule has 0 bridgehead atoms. The number of hydrogen-bond donors (Lipinski definition) is 0. The smallest absolute Gasteiger partial charge is 0.225 e. The summed E-state index contributed by atoms with van der Waals surface area (Å²) in [4.78, 5) is 22.1. The summed E-state index contributed by atoms with van der Waals surface area (Å²) in [6, 6.07) is 18.4. The topological polar surface area (TPSA) is 40.9 Å². The van der Waals surface area contributed by atoms with Crippen molar-refractivity contribution in [2.75, 3.05) is 26.2 Å². The summed E-state index contributed by atoms with van der Waals surface area (Å²) in [6.45, 7) is 3.83. The Bertz CT molecular complexity index is 1400. The average molecular weight is 503 g/mol. The van der Waals surface area contributed by atoms with Gasteiger partial charge in [-0.1, -0.05) is 48.4 Å². The molecule has 6 rings (SSSR count). The van der Waals surface area contributed by atoms with Crippen LogP contribution in [0.15, 0.2) is 66.9 Å². The Morgan fingerprint density at radius 2 is 1.67 bits per heavy atom. The number of halogens is 2. The Kier molecular flexibility index (Phi) is 6.23. The second kappa shape index (κ2) is 9.68. The largest absolute Gasteiger partial charge is 0.340 e. The van der Waals surface area contributed by atoms with Gasteiger partial charge in [-0.25, -0.2) is 9.37 Å². The van der Waals surface area contributed by atoms with E-state index in [1.165, 1.54) is 12.5 Å². The van der Waals surface area contributed by atoms with Gasteiger partial charge in [-0.2, -0.15) is 0 Å². The number of pyridine rings is 1. The number of amides is 1. The summed E-state index contributed by atoms with van der Waals surface area (Å²) in [5, 5.41) is 0.679. The molecule has 2 aromatic heterocycles. The van der Waals surface area contributed by atoms with Crippen molar-refractivity contribution in [1.29, 1.82) is 0 Å². The van der Waals surface area contributed by atoms with Crippen LogP contribution < -0.4 is 0 Å². The Morgan fingerprint density at radius 1 is 0.944 bits per heavy atom. The molecule has 1 aliphatic carbocycles. The number of hydrogen-bond acceptors (Lipinski definition) is 3. The van der Waals surface area contributed by atoms with Crippen molar-refractivity contribution in [3.05, 3.63) is 83.4 Å². The first-order valence-electron chi connectivity index (χ1n) is 12.6. The number of imidazole rings is 1. The second-order valence-corrected chi connectivity index (χ2v) is 10.2. The number of benzene rings is 2. The minimum absolute atomic E-state index is 0.239. The number of piperazine rings is 1. The van der Waals surface area contributed by atoms with Crippen molar-refractivity contribution in [2.24, 2.45) is 5.92 Å². The molecule has 1 saturated heterocycles. The van der Waals surface area contributed by atoms with Gasteiger partial charge in [-0.05, 0) is 43.2 Å². The highest BCUT2D eigenvalue weighted by Gasteiger charge is 2.31. The monoisotopic (exact) mass is 502 g/mol. The zero-order valence-corrected chi connectivity index (χ0v) is 20.8. The minimum Gasteiger partial charge on any atom is -0.340 e. The lowest BCUT2D eigenvalue weighted by Gasteiger charge is -2.38. The van der Waals surface area contributed by atoms with Gasteiger partial charge >= 0.3 is 0 Å². The molecule has 1 aliphatic heterocycles. The normalized spacial score (nSPS) is 16.9. The molecular weight excluding hydrogens is 475 g/mol. The standard InChI is InChI=1S/C29H28ClFN4O/c30-23-11-8-20(9-12-23)28-26(19-33-14-16-34(17-15-33)29(36)21-4-3-5-21)35-18-22(10-13-27(35)32-28)24-6-1-2-7-25(24)31/h1-2,6-13,18,21H,3-5,14-17,19H2. The van der Waals surface area contributed by atoms with E-state index in [2.05, 4.69) is 9.30 Å². The van der Waals surface area contributed by atoms with Gasteiger partial charge < -0.3 is 9.30 Å². The third-order valence-electron chi connectivity index (χ3n) is 7.53. The molecule has 7 heteroatoms. The van der Waals surface area contributed by atoms with Crippen molar-refractivity contribution < 1.29 is 9.18 Å². The van der Waals surface area contributed by atoms with Crippen LogP contribution in [0.4, 0.5) is 4.39 Å². The first-order chi connectivity index (χ1) is 17.6. The maximum atomic E-state index is 14.6. The molecule has 2 aliphatic rings. The lowest BCUT2D eigenvalue weighted by Crippen LogP contribution is -2.50. The molecule has 1 amide bonds. The summed E-state index contributed by atoms with van der Waals surface area (Å²) >= 11 is 6.15. The highest BCUT2D eigenvalue weighted by Crippen LogP contribution is 2.31. The highest BCUT2D eigenvalue weighted by atomic mass is 35.5. The van der Waals surface area contributed by atoms with Crippen LogP contribution in [0, 0.1) is 11.7 Å². The number of carbonyl (C=O) groups is 1. The molecule has 184 valence electrons. The molecule has 2 fully saturated rings. The summed E-state index contributed by atoms with van der Waals surface area (Å²) in [5.74, 6) is 0.319. The number of nitrogens with zero attached hydrogens (tertiary/aromatic N) is 4.